The van der Waals surface area contributed by atoms with E-state index in [0.29, 0.717) is 10.8 Å². The third-order valence-corrected chi connectivity index (χ3v) is 2.16. The van der Waals surface area contributed by atoms with Crippen LogP contribution in [0.5, 0.6) is 0 Å². The van der Waals surface area contributed by atoms with Crippen molar-refractivity contribution in [3.8, 4) is 6.07 Å². The molecule has 0 saturated heterocycles. The quantitative estimate of drug-likeness (QED) is 0.513. The minimum atomic E-state index is 0.437. The minimum absolute atomic E-state index is 0.437. The highest BCUT2D eigenvalue weighted by atomic mass is 32.2. The van der Waals surface area contributed by atoms with E-state index in [9.17, 15) is 0 Å². The van der Waals surface area contributed by atoms with E-state index in [0.717, 1.165) is 5.03 Å². The molecule has 0 radical (unpaired) electrons. The van der Waals surface area contributed by atoms with Gasteiger partial charge in [-0.15, -0.1) is 11.8 Å². The second kappa shape index (κ2) is 4.07. The Balaban J connectivity index is 2.91. The second-order valence-corrected chi connectivity index (χ2v) is 4.09. The maximum Gasteiger partial charge on any atom is 0.117 e. The van der Waals surface area contributed by atoms with E-state index in [1.807, 2.05) is 0 Å². The molecule has 4 heteroatoms. The molecule has 0 aromatic carbocycles. The van der Waals surface area contributed by atoms with Crippen LogP contribution in [-0.4, -0.2) is 15.2 Å². The van der Waals surface area contributed by atoms with E-state index in [4.69, 9.17) is 5.26 Å². The lowest BCUT2D eigenvalue weighted by molar-refractivity contribution is 1.01. The molecule has 0 bridgehead atoms. The van der Waals surface area contributed by atoms with Gasteiger partial charge in [0.15, 0.2) is 0 Å². The molecule has 0 amide bonds. The first-order valence-corrected chi connectivity index (χ1v) is 4.48. The first kappa shape index (κ1) is 9.01. The van der Waals surface area contributed by atoms with Crippen molar-refractivity contribution in [2.24, 2.45) is 0 Å². The van der Waals surface area contributed by atoms with E-state index in [1.165, 1.54) is 12.5 Å². The zero-order valence-corrected chi connectivity index (χ0v) is 7.80. The molecule has 0 saturated carbocycles. The summed E-state index contributed by atoms with van der Waals surface area (Å²) in [6.45, 7) is 4.13. The Bertz CT molecular complexity index is 303. The highest BCUT2D eigenvalue weighted by molar-refractivity contribution is 7.99. The Hall–Kier alpha value is -1.08. The summed E-state index contributed by atoms with van der Waals surface area (Å²) in [4.78, 5) is 7.80. The zero-order chi connectivity index (χ0) is 8.97. The van der Waals surface area contributed by atoms with Crippen molar-refractivity contribution in [2.75, 3.05) is 0 Å². The van der Waals surface area contributed by atoms with Crippen LogP contribution in [0.25, 0.3) is 0 Å². The molecule has 12 heavy (non-hydrogen) atoms. The van der Waals surface area contributed by atoms with Crippen molar-refractivity contribution >= 4 is 11.8 Å². The molecule has 0 atom stereocenters. The fraction of sp³-hybridized carbons (Fsp3) is 0.375. The summed E-state index contributed by atoms with van der Waals surface area (Å²) in [5.74, 6) is 0. The number of hydrogen-bond donors (Lipinski definition) is 0. The second-order valence-electron chi connectivity index (χ2n) is 2.52. The van der Waals surface area contributed by atoms with Gasteiger partial charge in [-0.2, -0.15) is 5.26 Å². The molecule has 1 heterocycles. The van der Waals surface area contributed by atoms with Crippen LogP contribution < -0.4 is 0 Å². The summed E-state index contributed by atoms with van der Waals surface area (Å²) in [6, 6.07) is 2.06. The molecule has 0 aliphatic carbocycles. The summed E-state index contributed by atoms with van der Waals surface area (Å²) >= 11 is 1.58. The first-order chi connectivity index (χ1) is 5.74. The van der Waals surface area contributed by atoms with Crippen molar-refractivity contribution in [1.82, 2.24) is 9.97 Å². The van der Waals surface area contributed by atoms with Gasteiger partial charge in [-0.1, -0.05) is 13.8 Å². The van der Waals surface area contributed by atoms with E-state index in [2.05, 4.69) is 29.9 Å². The molecule has 3 nitrogen and oxygen atoms in total. The first-order valence-electron chi connectivity index (χ1n) is 3.61. The normalized spacial score (nSPS) is 9.83. The van der Waals surface area contributed by atoms with Gasteiger partial charge in [-0.3, -0.25) is 0 Å². The predicted octanol–water partition coefficient (Wildman–Crippen LogP) is 1.85. The van der Waals surface area contributed by atoms with Gasteiger partial charge in [-0.25, -0.2) is 9.97 Å². The minimum Gasteiger partial charge on any atom is -0.243 e. The van der Waals surface area contributed by atoms with Crippen molar-refractivity contribution in [2.45, 2.75) is 24.1 Å². The van der Waals surface area contributed by atoms with Crippen LogP contribution in [0.15, 0.2) is 17.6 Å². The molecule has 0 aliphatic heterocycles. The van der Waals surface area contributed by atoms with Crippen LogP contribution in [-0.2, 0) is 0 Å². The molecule has 1 aromatic rings. The van der Waals surface area contributed by atoms with E-state index < -0.39 is 0 Å². The Kier molecular flexibility index (Phi) is 3.06. The van der Waals surface area contributed by atoms with Crippen molar-refractivity contribution < 1.29 is 0 Å². The van der Waals surface area contributed by atoms with Crippen LogP contribution in [0.2, 0.25) is 0 Å². The third kappa shape index (κ3) is 2.21. The lowest BCUT2D eigenvalue weighted by Gasteiger charge is -2.03. The summed E-state index contributed by atoms with van der Waals surface area (Å²) < 4.78 is 0. The topological polar surface area (TPSA) is 49.6 Å². The van der Waals surface area contributed by atoms with E-state index >= 15 is 0 Å². The number of nitriles is 1. The van der Waals surface area contributed by atoms with Crippen molar-refractivity contribution in [3.63, 3.8) is 0 Å². The average molecular weight is 179 g/mol. The number of aromatic nitrogens is 2. The molecule has 0 N–H and O–H groups in total. The fourth-order valence-corrected chi connectivity index (χ4v) is 1.49. The maximum atomic E-state index is 8.69. The molecular formula is C8H9N3S. The number of thioether (sulfide) groups is 1. The van der Waals surface area contributed by atoms with Gasteiger partial charge >= 0.3 is 0 Å². The highest BCUT2D eigenvalue weighted by Crippen LogP contribution is 2.22. The molecule has 0 unspecified atom stereocenters. The average Bonchev–Trinajstić information content (AvgIpc) is 2.04. The SMILES string of the molecule is CC(C)Sc1ncncc1C#N. The summed E-state index contributed by atoms with van der Waals surface area (Å²) in [7, 11) is 0. The van der Waals surface area contributed by atoms with Crippen LogP contribution in [0.4, 0.5) is 0 Å². The van der Waals surface area contributed by atoms with Gasteiger partial charge in [0, 0.05) is 11.4 Å². The molecular weight excluding hydrogens is 170 g/mol. The summed E-state index contributed by atoms with van der Waals surface area (Å²) in [5, 5.41) is 9.89. The van der Waals surface area contributed by atoms with Gasteiger partial charge in [0.05, 0.1) is 0 Å². The van der Waals surface area contributed by atoms with Crippen LogP contribution in [0.1, 0.15) is 19.4 Å². The van der Waals surface area contributed by atoms with E-state index in [1.54, 1.807) is 11.8 Å². The maximum absolute atomic E-state index is 8.69. The Morgan fingerprint density at radius 3 is 2.92 bits per heavy atom. The van der Waals surface area contributed by atoms with Crippen LogP contribution in [0.3, 0.4) is 0 Å². The van der Waals surface area contributed by atoms with Crippen molar-refractivity contribution in [3.05, 3.63) is 18.1 Å². The van der Waals surface area contributed by atoms with Crippen LogP contribution >= 0.6 is 11.8 Å². The molecule has 1 rings (SSSR count). The van der Waals surface area contributed by atoms with Gasteiger partial charge < -0.3 is 0 Å². The Labute approximate surface area is 75.8 Å². The van der Waals surface area contributed by atoms with Gasteiger partial charge in [0.2, 0.25) is 0 Å². The largest absolute Gasteiger partial charge is 0.243 e. The van der Waals surface area contributed by atoms with Gasteiger partial charge in [-0.05, 0) is 0 Å². The molecule has 0 spiro atoms. The van der Waals surface area contributed by atoms with Gasteiger partial charge in [0.1, 0.15) is 23.0 Å². The molecule has 0 aliphatic rings. The van der Waals surface area contributed by atoms with E-state index in [-0.39, 0.29) is 0 Å². The number of hydrogen-bond acceptors (Lipinski definition) is 4. The fourth-order valence-electron chi connectivity index (χ4n) is 0.712. The lowest BCUT2D eigenvalue weighted by Crippen LogP contribution is -1.93. The molecule has 62 valence electrons. The monoisotopic (exact) mass is 179 g/mol. The molecule has 0 fully saturated rings. The van der Waals surface area contributed by atoms with Crippen molar-refractivity contribution in [1.29, 1.82) is 5.26 Å². The Morgan fingerprint density at radius 1 is 1.58 bits per heavy atom. The zero-order valence-electron chi connectivity index (χ0n) is 6.98. The number of rotatable bonds is 2. The highest BCUT2D eigenvalue weighted by Gasteiger charge is 2.05. The lowest BCUT2D eigenvalue weighted by atomic mass is 10.4. The third-order valence-electron chi connectivity index (χ3n) is 1.14. The van der Waals surface area contributed by atoms with Crippen LogP contribution in [0, 0.1) is 11.3 Å². The number of nitrogens with zero attached hydrogens (tertiary/aromatic N) is 3. The standard InChI is InChI=1S/C8H9N3S/c1-6(2)12-8-7(3-9)4-10-5-11-8/h4-6H,1-2H3. The predicted molar refractivity (Wildman–Crippen MR) is 47.7 cm³/mol. The molecule has 1 aromatic heterocycles. The Morgan fingerprint density at radius 2 is 2.33 bits per heavy atom. The van der Waals surface area contributed by atoms with Gasteiger partial charge in [0.25, 0.3) is 0 Å². The summed E-state index contributed by atoms with van der Waals surface area (Å²) in [5.41, 5.74) is 0.552. The summed E-state index contributed by atoms with van der Waals surface area (Å²) in [6.07, 6.45) is 3.00. The smallest absolute Gasteiger partial charge is 0.117 e.